The molecule has 1 amide bonds. The summed E-state index contributed by atoms with van der Waals surface area (Å²) >= 11 is 0. The van der Waals surface area contributed by atoms with Crippen molar-refractivity contribution in [2.24, 2.45) is 0 Å². The molecule has 0 unspecified atom stereocenters. The highest BCUT2D eigenvalue weighted by Gasteiger charge is 2.20. The Morgan fingerprint density at radius 2 is 1.69 bits per heavy atom. The molecule has 0 aliphatic carbocycles. The van der Waals surface area contributed by atoms with Crippen molar-refractivity contribution in [2.45, 2.75) is 19.9 Å². The van der Waals surface area contributed by atoms with Gasteiger partial charge in [0.15, 0.2) is 0 Å². The van der Waals surface area contributed by atoms with Gasteiger partial charge in [-0.2, -0.15) is 0 Å². The van der Waals surface area contributed by atoms with Gasteiger partial charge in [0, 0.05) is 43.9 Å². The molecular weight excluding hydrogens is 364 g/mol. The second kappa shape index (κ2) is 8.17. The first-order valence-corrected chi connectivity index (χ1v) is 10.2. The van der Waals surface area contributed by atoms with Gasteiger partial charge in [-0.1, -0.05) is 31.2 Å². The molecule has 1 fully saturated rings. The number of amides is 1. The summed E-state index contributed by atoms with van der Waals surface area (Å²) in [7, 11) is 2.07. The first-order valence-electron chi connectivity index (χ1n) is 10.2. The molecular formula is C23H26N4O2. The number of carbonyl (C=O) groups excluding carboxylic acids is 1. The number of fused-ring (bicyclic) bond motifs is 1. The summed E-state index contributed by atoms with van der Waals surface area (Å²) in [6.45, 7) is 5.97. The molecule has 150 valence electrons. The van der Waals surface area contributed by atoms with Crippen molar-refractivity contribution in [1.29, 1.82) is 0 Å². The minimum Gasteiger partial charge on any atom is -0.336 e. The second-order valence-electron chi connectivity index (χ2n) is 7.58. The number of carbonyl (C=O) groups is 1. The fourth-order valence-corrected chi connectivity index (χ4v) is 3.79. The Balaban J connectivity index is 1.67. The molecule has 0 spiro atoms. The predicted octanol–water partition coefficient (Wildman–Crippen LogP) is 2.86. The number of aryl methyl sites for hydroxylation is 1. The summed E-state index contributed by atoms with van der Waals surface area (Å²) in [4.78, 5) is 34.6. The number of nitrogens with zero attached hydrogens (tertiary/aromatic N) is 4. The van der Waals surface area contributed by atoms with Gasteiger partial charge in [0.25, 0.3) is 11.5 Å². The van der Waals surface area contributed by atoms with Gasteiger partial charge in [0.2, 0.25) is 0 Å². The molecule has 0 atom stereocenters. The van der Waals surface area contributed by atoms with E-state index < -0.39 is 0 Å². The Morgan fingerprint density at radius 3 is 2.38 bits per heavy atom. The van der Waals surface area contributed by atoms with Crippen LogP contribution in [-0.2, 0) is 6.54 Å². The summed E-state index contributed by atoms with van der Waals surface area (Å²) < 4.78 is 1.79. The average Bonchev–Trinajstić information content (AvgIpc) is 2.76. The lowest BCUT2D eigenvalue weighted by molar-refractivity contribution is 0.0664. The van der Waals surface area contributed by atoms with Crippen LogP contribution in [0.1, 0.15) is 23.7 Å². The molecule has 2 aromatic carbocycles. The summed E-state index contributed by atoms with van der Waals surface area (Å²) in [6.07, 6.45) is 0.867. The Bertz CT molecular complexity index is 1080. The van der Waals surface area contributed by atoms with Crippen molar-refractivity contribution < 1.29 is 4.79 Å². The number of piperazine rings is 1. The molecule has 0 radical (unpaired) electrons. The van der Waals surface area contributed by atoms with Gasteiger partial charge in [-0.25, -0.2) is 4.98 Å². The van der Waals surface area contributed by atoms with Crippen LogP contribution in [0.2, 0.25) is 0 Å². The lowest BCUT2D eigenvalue weighted by atomic mass is 10.1. The molecule has 1 aliphatic rings. The Labute approximate surface area is 170 Å². The van der Waals surface area contributed by atoms with E-state index in [4.69, 9.17) is 0 Å². The van der Waals surface area contributed by atoms with Gasteiger partial charge in [0.05, 0.1) is 11.0 Å². The fourth-order valence-electron chi connectivity index (χ4n) is 3.79. The van der Waals surface area contributed by atoms with Crippen molar-refractivity contribution >= 4 is 16.9 Å². The van der Waals surface area contributed by atoms with Crippen molar-refractivity contribution in [1.82, 2.24) is 19.4 Å². The van der Waals surface area contributed by atoms with E-state index in [9.17, 15) is 9.59 Å². The maximum absolute atomic E-state index is 13.1. The van der Waals surface area contributed by atoms with Crippen LogP contribution >= 0.6 is 0 Å². The monoisotopic (exact) mass is 390 g/mol. The molecule has 0 N–H and O–H groups in total. The quantitative estimate of drug-likeness (QED) is 0.687. The first-order chi connectivity index (χ1) is 14.1. The fraction of sp³-hybridized carbons (Fsp3) is 0.348. The van der Waals surface area contributed by atoms with Crippen LogP contribution in [0.15, 0.2) is 53.3 Å². The van der Waals surface area contributed by atoms with Crippen molar-refractivity contribution in [3.05, 3.63) is 64.4 Å². The number of likely N-dealkylation sites (N-methyl/N-ethyl adjacent to an activating group) is 1. The van der Waals surface area contributed by atoms with Crippen molar-refractivity contribution in [2.75, 3.05) is 33.2 Å². The highest BCUT2D eigenvalue weighted by Crippen LogP contribution is 2.19. The summed E-state index contributed by atoms with van der Waals surface area (Å²) in [5.74, 6) is 0.0412. The van der Waals surface area contributed by atoms with E-state index in [1.165, 1.54) is 0 Å². The molecule has 6 nitrogen and oxygen atoms in total. The molecule has 0 saturated carbocycles. The minimum absolute atomic E-state index is 0.0412. The Morgan fingerprint density at radius 1 is 1.00 bits per heavy atom. The lowest BCUT2D eigenvalue weighted by Crippen LogP contribution is -2.47. The van der Waals surface area contributed by atoms with Crippen LogP contribution in [0.3, 0.4) is 0 Å². The number of hydrogen-bond donors (Lipinski definition) is 0. The van der Waals surface area contributed by atoms with E-state index >= 15 is 0 Å². The number of rotatable bonds is 4. The maximum Gasteiger partial charge on any atom is 0.277 e. The number of hydrogen-bond acceptors (Lipinski definition) is 4. The topological polar surface area (TPSA) is 58.4 Å². The molecule has 29 heavy (non-hydrogen) atoms. The van der Waals surface area contributed by atoms with Gasteiger partial charge in [-0.3, -0.25) is 9.59 Å². The van der Waals surface area contributed by atoms with Crippen LogP contribution in [0.4, 0.5) is 0 Å². The van der Waals surface area contributed by atoms with E-state index in [1.807, 2.05) is 41.3 Å². The molecule has 0 bridgehead atoms. The summed E-state index contributed by atoms with van der Waals surface area (Å²) in [5.41, 5.74) is 3.37. The van der Waals surface area contributed by atoms with Crippen molar-refractivity contribution in [3.63, 3.8) is 0 Å². The molecule has 2 heterocycles. The summed E-state index contributed by atoms with van der Waals surface area (Å²) in [5, 5.41) is 0. The third-order valence-electron chi connectivity index (χ3n) is 5.50. The van der Waals surface area contributed by atoms with E-state index in [-0.39, 0.29) is 11.5 Å². The van der Waals surface area contributed by atoms with E-state index in [0.29, 0.717) is 17.8 Å². The van der Waals surface area contributed by atoms with Crippen LogP contribution in [-0.4, -0.2) is 58.5 Å². The van der Waals surface area contributed by atoms with Crippen LogP contribution in [0.5, 0.6) is 0 Å². The zero-order valence-corrected chi connectivity index (χ0v) is 17.0. The predicted molar refractivity (Wildman–Crippen MR) is 115 cm³/mol. The normalized spacial score (nSPS) is 15.0. The van der Waals surface area contributed by atoms with Crippen LogP contribution in [0.25, 0.3) is 22.3 Å². The average molecular weight is 390 g/mol. The van der Waals surface area contributed by atoms with Gasteiger partial charge >= 0.3 is 0 Å². The smallest absolute Gasteiger partial charge is 0.277 e. The van der Waals surface area contributed by atoms with Crippen LogP contribution in [0, 0.1) is 0 Å². The van der Waals surface area contributed by atoms with E-state index in [0.717, 1.165) is 49.2 Å². The van der Waals surface area contributed by atoms with E-state index in [1.54, 1.807) is 16.7 Å². The molecule has 3 aromatic rings. The third kappa shape index (κ3) is 3.80. The molecule has 4 rings (SSSR count). The third-order valence-corrected chi connectivity index (χ3v) is 5.50. The Hall–Kier alpha value is -2.99. The standard InChI is InChI=1S/C23H26N4O2/c1-3-12-27-20-7-5-4-6-19(20)24-21(23(27)29)17-8-10-18(11-9-17)22(28)26-15-13-25(2)14-16-26/h4-11H,3,12-16H2,1-2H3. The highest BCUT2D eigenvalue weighted by atomic mass is 16.2. The molecule has 1 aliphatic heterocycles. The maximum atomic E-state index is 13.1. The Kier molecular flexibility index (Phi) is 5.45. The van der Waals surface area contributed by atoms with Crippen LogP contribution < -0.4 is 5.56 Å². The lowest BCUT2D eigenvalue weighted by Gasteiger charge is -2.32. The van der Waals surface area contributed by atoms with Gasteiger partial charge < -0.3 is 14.4 Å². The second-order valence-corrected chi connectivity index (χ2v) is 7.58. The van der Waals surface area contributed by atoms with Gasteiger partial charge in [-0.15, -0.1) is 0 Å². The number of para-hydroxylation sites is 2. The van der Waals surface area contributed by atoms with Gasteiger partial charge in [-0.05, 0) is 37.7 Å². The summed E-state index contributed by atoms with van der Waals surface area (Å²) in [6, 6.07) is 15.0. The SMILES string of the molecule is CCCn1c(=O)c(-c2ccc(C(=O)N3CCN(C)CC3)cc2)nc2ccccc21. The van der Waals surface area contributed by atoms with Gasteiger partial charge in [0.1, 0.15) is 5.69 Å². The van der Waals surface area contributed by atoms with E-state index in [2.05, 4.69) is 23.9 Å². The molecule has 6 heteroatoms. The molecule has 1 saturated heterocycles. The number of benzene rings is 2. The zero-order valence-electron chi connectivity index (χ0n) is 17.0. The zero-order chi connectivity index (χ0) is 20.4. The minimum atomic E-state index is -0.0938. The molecule has 1 aromatic heterocycles. The highest BCUT2D eigenvalue weighted by molar-refractivity contribution is 5.94. The first kappa shape index (κ1) is 19.3. The largest absolute Gasteiger partial charge is 0.336 e. The van der Waals surface area contributed by atoms with Crippen molar-refractivity contribution in [3.8, 4) is 11.3 Å². The number of aromatic nitrogens is 2.